The van der Waals surface area contributed by atoms with Crippen molar-refractivity contribution in [3.8, 4) is 6.07 Å². The van der Waals surface area contributed by atoms with E-state index < -0.39 is 0 Å². The van der Waals surface area contributed by atoms with Crippen molar-refractivity contribution in [1.82, 2.24) is 9.80 Å². The zero-order chi connectivity index (χ0) is 16.9. The minimum absolute atomic E-state index is 0.0415. The molecule has 0 aromatic heterocycles. The van der Waals surface area contributed by atoms with Gasteiger partial charge in [0, 0.05) is 43.9 Å². The van der Waals surface area contributed by atoms with E-state index in [1.165, 1.54) is 6.07 Å². The zero-order valence-corrected chi connectivity index (χ0v) is 13.3. The Balaban J connectivity index is 1.58. The second-order valence-electron chi connectivity index (χ2n) is 5.85. The molecule has 2 aromatic rings. The first-order chi connectivity index (χ1) is 11.7. The highest BCUT2D eigenvalue weighted by Gasteiger charge is 2.22. The van der Waals surface area contributed by atoms with Crippen LogP contribution in [0.25, 0.3) is 0 Å². The van der Waals surface area contributed by atoms with E-state index in [2.05, 4.69) is 4.90 Å². The number of carbonyl (C=O) groups is 1. The van der Waals surface area contributed by atoms with E-state index in [1.807, 2.05) is 41.3 Å². The lowest BCUT2D eigenvalue weighted by atomic mass is 10.1. The fourth-order valence-corrected chi connectivity index (χ4v) is 2.86. The molecule has 1 amide bonds. The molecule has 2 aromatic carbocycles. The van der Waals surface area contributed by atoms with Crippen LogP contribution in [0, 0.1) is 17.1 Å². The van der Waals surface area contributed by atoms with Crippen molar-refractivity contribution in [2.24, 2.45) is 0 Å². The van der Waals surface area contributed by atoms with Crippen LogP contribution >= 0.6 is 0 Å². The van der Waals surface area contributed by atoms with Gasteiger partial charge in [0.1, 0.15) is 5.82 Å². The summed E-state index contributed by atoms with van der Waals surface area (Å²) in [7, 11) is 0. The minimum Gasteiger partial charge on any atom is -0.336 e. The number of benzene rings is 2. The van der Waals surface area contributed by atoms with Crippen LogP contribution in [0.4, 0.5) is 4.39 Å². The number of halogens is 1. The number of rotatable bonds is 3. The molecule has 1 fully saturated rings. The van der Waals surface area contributed by atoms with Gasteiger partial charge in [-0.25, -0.2) is 4.39 Å². The smallest absolute Gasteiger partial charge is 0.253 e. The van der Waals surface area contributed by atoms with E-state index in [4.69, 9.17) is 5.26 Å². The second-order valence-corrected chi connectivity index (χ2v) is 5.85. The van der Waals surface area contributed by atoms with Crippen LogP contribution < -0.4 is 0 Å². The second kappa shape index (κ2) is 7.24. The van der Waals surface area contributed by atoms with Crippen molar-refractivity contribution < 1.29 is 9.18 Å². The number of piperazine rings is 1. The highest BCUT2D eigenvalue weighted by molar-refractivity contribution is 5.94. The molecular formula is C19H18FN3O. The predicted octanol–water partition coefficient (Wildman–Crippen LogP) is 2.66. The van der Waals surface area contributed by atoms with Crippen LogP contribution in [-0.2, 0) is 6.54 Å². The van der Waals surface area contributed by atoms with Gasteiger partial charge in [-0.05, 0) is 24.3 Å². The SMILES string of the molecule is N#Cc1ccc(CN2CCN(C(=O)c3ccccc3)CC2)c(F)c1. The summed E-state index contributed by atoms with van der Waals surface area (Å²) < 4.78 is 14.0. The molecule has 3 rings (SSSR count). The van der Waals surface area contributed by atoms with Crippen LogP contribution in [0.15, 0.2) is 48.5 Å². The lowest BCUT2D eigenvalue weighted by molar-refractivity contribution is 0.0627. The largest absolute Gasteiger partial charge is 0.336 e. The average Bonchev–Trinajstić information content (AvgIpc) is 2.64. The van der Waals surface area contributed by atoms with E-state index >= 15 is 0 Å². The van der Waals surface area contributed by atoms with Gasteiger partial charge in [-0.1, -0.05) is 24.3 Å². The Labute approximate surface area is 140 Å². The van der Waals surface area contributed by atoms with E-state index in [-0.39, 0.29) is 11.7 Å². The number of hydrogen-bond acceptors (Lipinski definition) is 3. The van der Waals surface area contributed by atoms with Gasteiger partial charge < -0.3 is 4.90 Å². The third kappa shape index (κ3) is 3.61. The van der Waals surface area contributed by atoms with E-state index in [1.54, 1.807) is 12.1 Å². The van der Waals surface area contributed by atoms with Gasteiger partial charge >= 0.3 is 0 Å². The fraction of sp³-hybridized carbons (Fsp3) is 0.263. The first-order valence-electron chi connectivity index (χ1n) is 7.92. The molecule has 4 nitrogen and oxygen atoms in total. The van der Waals surface area contributed by atoms with Gasteiger partial charge in [0.25, 0.3) is 5.91 Å². The van der Waals surface area contributed by atoms with Crippen LogP contribution in [0.2, 0.25) is 0 Å². The van der Waals surface area contributed by atoms with Gasteiger partial charge in [-0.2, -0.15) is 5.26 Å². The third-order valence-corrected chi connectivity index (χ3v) is 4.26. The summed E-state index contributed by atoms with van der Waals surface area (Å²) in [4.78, 5) is 16.4. The van der Waals surface area contributed by atoms with Crippen molar-refractivity contribution in [1.29, 1.82) is 5.26 Å². The normalized spacial score (nSPS) is 15.1. The number of nitrogens with zero attached hydrogens (tertiary/aromatic N) is 3. The Morgan fingerprint density at radius 2 is 1.79 bits per heavy atom. The molecule has 1 aliphatic heterocycles. The molecule has 24 heavy (non-hydrogen) atoms. The van der Waals surface area contributed by atoms with Gasteiger partial charge in [0.15, 0.2) is 0 Å². The molecule has 0 saturated carbocycles. The van der Waals surface area contributed by atoms with E-state index in [0.29, 0.717) is 49.4 Å². The standard InChI is InChI=1S/C19H18FN3O/c20-18-12-15(13-21)6-7-17(18)14-22-8-10-23(11-9-22)19(24)16-4-2-1-3-5-16/h1-7,12H,8-11,14H2. The Morgan fingerprint density at radius 3 is 2.42 bits per heavy atom. The Kier molecular flexibility index (Phi) is 4.88. The van der Waals surface area contributed by atoms with Gasteiger partial charge in [-0.15, -0.1) is 0 Å². The van der Waals surface area contributed by atoms with Crippen molar-refractivity contribution in [3.63, 3.8) is 0 Å². The summed E-state index contributed by atoms with van der Waals surface area (Å²) in [6.45, 7) is 3.16. The van der Waals surface area contributed by atoms with Crippen molar-refractivity contribution >= 4 is 5.91 Å². The first kappa shape index (κ1) is 16.2. The van der Waals surface area contributed by atoms with Crippen LogP contribution in [0.3, 0.4) is 0 Å². The Bertz CT molecular complexity index is 762. The summed E-state index contributed by atoms with van der Waals surface area (Å²) in [6.07, 6.45) is 0. The maximum atomic E-state index is 14.0. The van der Waals surface area contributed by atoms with E-state index in [0.717, 1.165) is 0 Å². The monoisotopic (exact) mass is 323 g/mol. The van der Waals surface area contributed by atoms with Crippen molar-refractivity contribution in [2.45, 2.75) is 6.54 Å². The average molecular weight is 323 g/mol. The molecule has 122 valence electrons. The minimum atomic E-state index is -0.350. The first-order valence-corrected chi connectivity index (χ1v) is 7.92. The summed E-state index contributed by atoms with van der Waals surface area (Å²) in [5.41, 5.74) is 1.61. The molecule has 5 heteroatoms. The molecule has 0 atom stereocenters. The lowest BCUT2D eigenvalue weighted by Crippen LogP contribution is -2.48. The molecule has 0 bridgehead atoms. The summed E-state index contributed by atoms with van der Waals surface area (Å²) in [5.74, 6) is -0.309. The molecule has 1 heterocycles. The molecular weight excluding hydrogens is 305 g/mol. The predicted molar refractivity (Wildman–Crippen MR) is 88.7 cm³/mol. The van der Waals surface area contributed by atoms with Crippen molar-refractivity contribution in [3.05, 3.63) is 71.0 Å². The topological polar surface area (TPSA) is 47.3 Å². The van der Waals surface area contributed by atoms with Gasteiger partial charge in [0.05, 0.1) is 11.6 Å². The number of amides is 1. The third-order valence-electron chi connectivity index (χ3n) is 4.26. The summed E-state index contributed by atoms with van der Waals surface area (Å²) in [5, 5.41) is 8.78. The molecule has 0 aliphatic carbocycles. The van der Waals surface area contributed by atoms with Crippen LogP contribution in [0.1, 0.15) is 21.5 Å². The molecule has 1 aliphatic rings. The maximum absolute atomic E-state index is 14.0. The van der Waals surface area contributed by atoms with Gasteiger partial charge in [0.2, 0.25) is 0 Å². The highest BCUT2D eigenvalue weighted by atomic mass is 19.1. The lowest BCUT2D eigenvalue weighted by Gasteiger charge is -2.34. The molecule has 0 radical (unpaired) electrons. The van der Waals surface area contributed by atoms with Crippen LogP contribution in [-0.4, -0.2) is 41.9 Å². The number of nitriles is 1. The van der Waals surface area contributed by atoms with Crippen molar-refractivity contribution in [2.75, 3.05) is 26.2 Å². The number of carbonyl (C=O) groups excluding carboxylic acids is 1. The quantitative estimate of drug-likeness (QED) is 0.872. The van der Waals surface area contributed by atoms with E-state index in [9.17, 15) is 9.18 Å². The Morgan fingerprint density at radius 1 is 1.08 bits per heavy atom. The summed E-state index contributed by atoms with van der Waals surface area (Å²) >= 11 is 0. The molecule has 0 spiro atoms. The number of hydrogen-bond donors (Lipinski definition) is 0. The van der Waals surface area contributed by atoms with Gasteiger partial charge in [-0.3, -0.25) is 9.69 Å². The zero-order valence-electron chi connectivity index (χ0n) is 13.3. The highest BCUT2D eigenvalue weighted by Crippen LogP contribution is 2.15. The Hall–Kier alpha value is -2.71. The molecule has 0 N–H and O–H groups in total. The van der Waals surface area contributed by atoms with Crippen LogP contribution in [0.5, 0.6) is 0 Å². The maximum Gasteiger partial charge on any atom is 0.253 e. The molecule has 0 unspecified atom stereocenters. The molecule has 1 saturated heterocycles. The fourth-order valence-electron chi connectivity index (χ4n) is 2.86. The summed E-state index contributed by atoms with van der Waals surface area (Å²) in [6, 6.07) is 15.7.